The first-order chi connectivity index (χ1) is 9.13. The third-order valence-corrected chi connectivity index (χ3v) is 3.73. The van der Waals surface area contributed by atoms with Gasteiger partial charge in [-0.15, -0.1) is 0 Å². The number of ether oxygens (including phenoxy) is 1. The molecule has 0 fully saturated rings. The fraction of sp³-hybridized carbons (Fsp3) is 0.357. The van der Waals surface area contributed by atoms with Gasteiger partial charge in [-0.3, -0.25) is 4.68 Å². The summed E-state index contributed by atoms with van der Waals surface area (Å²) in [6.07, 6.45) is 3.61. The maximum atomic E-state index is 5.78. The van der Waals surface area contributed by atoms with Gasteiger partial charge >= 0.3 is 0 Å². The molecule has 2 rings (SSSR count). The molecule has 0 aliphatic heterocycles. The van der Waals surface area contributed by atoms with Gasteiger partial charge < -0.3 is 10.1 Å². The van der Waals surface area contributed by atoms with Gasteiger partial charge in [0.15, 0.2) is 5.75 Å². The van der Waals surface area contributed by atoms with Crippen molar-refractivity contribution in [3.8, 4) is 11.5 Å². The molecule has 0 amide bonds. The Hall–Kier alpha value is -1.33. The highest BCUT2D eigenvalue weighted by atomic mass is 79.9. The lowest BCUT2D eigenvalue weighted by molar-refractivity contribution is 0.480. The fourth-order valence-electron chi connectivity index (χ4n) is 1.78. The lowest BCUT2D eigenvalue weighted by atomic mass is 10.1. The molecule has 0 aliphatic carbocycles. The normalized spacial score (nSPS) is 12.4. The number of nitrogens with zero attached hydrogens (tertiary/aromatic N) is 2. The van der Waals surface area contributed by atoms with Crippen molar-refractivity contribution in [1.82, 2.24) is 15.1 Å². The summed E-state index contributed by atoms with van der Waals surface area (Å²) in [5.74, 6) is 1.55. The van der Waals surface area contributed by atoms with Gasteiger partial charge in [-0.25, -0.2) is 0 Å². The molecule has 1 N–H and O–H groups in total. The zero-order chi connectivity index (χ0) is 13.8. The van der Waals surface area contributed by atoms with Crippen molar-refractivity contribution in [2.24, 2.45) is 0 Å². The number of hydrogen-bond acceptors (Lipinski definition) is 3. The van der Waals surface area contributed by atoms with E-state index in [1.807, 2.05) is 37.0 Å². The van der Waals surface area contributed by atoms with Crippen LogP contribution in [0.3, 0.4) is 0 Å². The summed E-state index contributed by atoms with van der Waals surface area (Å²) in [6.45, 7) is 5.00. The second-order valence-corrected chi connectivity index (χ2v) is 5.18. The molecule has 2 aromatic rings. The van der Waals surface area contributed by atoms with E-state index >= 15 is 0 Å². The molecule has 1 atom stereocenters. The molecule has 0 bridgehead atoms. The lowest BCUT2D eigenvalue weighted by Crippen LogP contribution is -2.12. The number of benzene rings is 1. The van der Waals surface area contributed by atoms with Crippen LogP contribution in [0.25, 0.3) is 0 Å². The van der Waals surface area contributed by atoms with Crippen LogP contribution in [0.1, 0.15) is 25.5 Å². The molecule has 19 heavy (non-hydrogen) atoms. The Balaban J connectivity index is 2.15. The maximum Gasteiger partial charge on any atom is 0.165 e. The second kappa shape index (κ2) is 6.21. The standard InChI is InChI=1S/C14H18BrN3O/c1-4-18-9-12(8-17-18)19-11-5-6-13(10(2)16-3)14(15)7-11/h5-10,16H,4H2,1-3H3. The van der Waals surface area contributed by atoms with E-state index in [2.05, 4.69) is 39.3 Å². The van der Waals surface area contributed by atoms with Crippen molar-refractivity contribution in [2.75, 3.05) is 7.05 Å². The van der Waals surface area contributed by atoms with E-state index in [0.29, 0.717) is 6.04 Å². The molecule has 0 spiro atoms. The number of halogens is 1. The molecule has 4 nitrogen and oxygen atoms in total. The molecule has 0 aliphatic rings. The van der Waals surface area contributed by atoms with Crippen LogP contribution >= 0.6 is 15.9 Å². The Kier molecular flexibility index (Phi) is 4.61. The van der Waals surface area contributed by atoms with E-state index in [1.54, 1.807) is 6.20 Å². The van der Waals surface area contributed by atoms with E-state index in [-0.39, 0.29) is 0 Å². The maximum absolute atomic E-state index is 5.78. The lowest BCUT2D eigenvalue weighted by Gasteiger charge is -2.13. The average molecular weight is 324 g/mol. The molecule has 1 unspecified atom stereocenters. The predicted octanol–water partition coefficient (Wildman–Crippen LogP) is 3.74. The van der Waals surface area contributed by atoms with Gasteiger partial charge in [0.2, 0.25) is 0 Å². The molecular formula is C14H18BrN3O. The molecule has 1 heterocycles. The molecule has 0 radical (unpaired) electrons. The predicted molar refractivity (Wildman–Crippen MR) is 79.6 cm³/mol. The van der Waals surface area contributed by atoms with Crippen LogP contribution < -0.4 is 10.1 Å². The fourth-order valence-corrected chi connectivity index (χ4v) is 2.49. The average Bonchev–Trinajstić information content (AvgIpc) is 2.86. The summed E-state index contributed by atoms with van der Waals surface area (Å²) in [6, 6.07) is 6.31. The number of nitrogens with one attached hydrogen (secondary N) is 1. The van der Waals surface area contributed by atoms with Gasteiger partial charge in [-0.1, -0.05) is 22.0 Å². The molecular weight excluding hydrogens is 306 g/mol. The van der Waals surface area contributed by atoms with Gasteiger partial charge in [0.05, 0.1) is 12.4 Å². The van der Waals surface area contributed by atoms with Crippen LogP contribution in [0, 0.1) is 0 Å². The zero-order valence-corrected chi connectivity index (χ0v) is 12.9. The first-order valence-corrected chi connectivity index (χ1v) is 7.10. The van der Waals surface area contributed by atoms with E-state index < -0.39 is 0 Å². The van der Waals surface area contributed by atoms with Crippen molar-refractivity contribution in [3.63, 3.8) is 0 Å². The second-order valence-electron chi connectivity index (χ2n) is 4.33. The first-order valence-electron chi connectivity index (χ1n) is 6.31. The third kappa shape index (κ3) is 3.36. The Bertz CT molecular complexity index is 553. The van der Waals surface area contributed by atoms with E-state index in [9.17, 15) is 0 Å². The van der Waals surface area contributed by atoms with Crippen LogP contribution in [0.2, 0.25) is 0 Å². The third-order valence-electron chi connectivity index (χ3n) is 3.04. The van der Waals surface area contributed by atoms with Crippen molar-refractivity contribution in [3.05, 3.63) is 40.6 Å². The Labute approximate surface area is 121 Å². The smallest absolute Gasteiger partial charge is 0.165 e. The first kappa shape index (κ1) is 14.1. The molecule has 0 saturated heterocycles. The highest BCUT2D eigenvalue weighted by Crippen LogP contribution is 2.29. The van der Waals surface area contributed by atoms with Gasteiger partial charge in [0.25, 0.3) is 0 Å². The highest BCUT2D eigenvalue weighted by molar-refractivity contribution is 9.10. The van der Waals surface area contributed by atoms with Crippen LogP contribution in [0.5, 0.6) is 11.5 Å². The van der Waals surface area contributed by atoms with Crippen molar-refractivity contribution < 1.29 is 4.74 Å². The minimum absolute atomic E-state index is 0.297. The summed E-state index contributed by atoms with van der Waals surface area (Å²) < 4.78 is 8.65. The summed E-state index contributed by atoms with van der Waals surface area (Å²) >= 11 is 3.58. The zero-order valence-electron chi connectivity index (χ0n) is 11.4. The van der Waals surface area contributed by atoms with Crippen LogP contribution in [-0.4, -0.2) is 16.8 Å². The SMILES string of the molecule is CCn1cc(Oc2ccc(C(C)NC)c(Br)c2)cn1. The van der Waals surface area contributed by atoms with E-state index in [0.717, 1.165) is 22.5 Å². The van der Waals surface area contributed by atoms with Crippen LogP contribution in [0.4, 0.5) is 0 Å². The van der Waals surface area contributed by atoms with E-state index in [1.165, 1.54) is 5.56 Å². The molecule has 1 aromatic heterocycles. The number of aromatic nitrogens is 2. The summed E-state index contributed by atoms with van der Waals surface area (Å²) in [5, 5.41) is 7.40. The topological polar surface area (TPSA) is 39.1 Å². The minimum atomic E-state index is 0.297. The molecule has 0 saturated carbocycles. The summed E-state index contributed by atoms with van der Waals surface area (Å²) in [5.41, 5.74) is 1.21. The number of hydrogen-bond donors (Lipinski definition) is 1. The van der Waals surface area contributed by atoms with Crippen molar-refractivity contribution in [1.29, 1.82) is 0 Å². The van der Waals surface area contributed by atoms with Gasteiger partial charge in [-0.2, -0.15) is 5.10 Å². The Morgan fingerprint density at radius 2 is 2.21 bits per heavy atom. The molecule has 102 valence electrons. The molecule has 5 heteroatoms. The Morgan fingerprint density at radius 3 is 2.79 bits per heavy atom. The minimum Gasteiger partial charge on any atom is -0.454 e. The number of aryl methyl sites for hydroxylation is 1. The van der Waals surface area contributed by atoms with Gasteiger partial charge in [-0.05, 0) is 38.6 Å². The summed E-state index contributed by atoms with van der Waals surface area (Å²) in [4.78, 5) is 0. The van der Waals surface area contributed by atoms with Crippen LogP contribution in [0.15, 0.2) is 35.1 Å². The quantitative estimate of drug-likeness (QED) is 0.911. The van der Waals surface area contributed by atoms with Crippen LogP contribution in [-0.2, 0) is 6.54 Å². The van der Waals surface area contributed by atoms with Crippen molar-refractivity contribution >= 4 is 15.9 Å². The largest absolute Gasteiger partial charge is 0.454 e. The monoisotopic (exact) mass is 323 g/mol. The van der Waals surface area contributed by atoms with E-state index in [4.69, 9.17) is 4.74 Å². The van der Waals surface area contributed by atoms with Crippen molar-refractivity contribution in [2.45, 2.75) is 26.4 Å². The summed E-state index contributed by atoms with van der Waals surface area (Å²) in [7, 11) is 1.95. The Morgan fingerprint density at radius 1 is 1.42 bits per heavy atom. The van der Waals surface area contributed by atoms with Gasteiger partial charge in [0.1, 0.15) is 5.75 Å². The number of rotatable bonds is 5. The van der Waals surface area contributed by atoms with Gasteiger partial charge in [0, 0.05) is 17.1 Å². The highest BCUT2D eigenvalue weighted by Gasteiger charge is 2.09. The molecule has 1 aromatic carbocycles.